The molecule has 0 rings (SSSR count). The maximum absolute atomic E-state index is 11.9. The van der Waals surface area contributed by atoms with Crippen molar-refractivity contribution < 1.29 is 28.6 Å². The largest absolute Gasteiger partial charge is 0.469 e. The number of rotatable bonds is 7. The average molecular weight is 274 g/mol. The Morgan fingerprint density at radius 1 is 1.00 bits per heavy atom. The first-order chi connectivity index (χ1) is 8.88. The summed E-state index contributed by atoms with van der Waals surface area (Å²) in [6.45, 7) is 3.34. The van der Waals surface area contributed by atoms with Crippen LogP contribution >= 0.6 is 0 Å². The molecule has 0 aliphatic rings. The van der Waals surface area contributed by atoms with Gasteiger partial charge in [-0.3, -0.25) is 14.4 Å². The van der Waals surface area contributed by atoms with Crippen molar-refractivity contribution in [1.29, 1.82) is 0 Å². The lowest BCUT2D eigenvalue weighted by molar-refractivity contribution is -0.173. The molecular weight excluding hydrogens is 252 g/mol. The van der Waals surface area contributed by atoms with Gasteiger partial charge in [0.15, 0.2) is 5.41 Å². The summed E-state index contributed by atoms with van der Waals surface area (Å²) in [6.07, 6.45) is 1.19. The van der Waals surface area contributed by atoms with Gasteiger partial charge >= 0.3 is 17.9 Å². The third kappa shape index (κ3) is 3.94. The quantitative estimate of drug-likeness (QED) is 0.396. The molecule has 0 saturated carbocycles. The Balaban J connectivity index is 5.42. The lowest BCUT2D eigenvalue weighted by Gasteiger charge is -2.31. The van der Waals surface area contributed by atoms with E-state index in [1.54, 1.807) is 0 Å². The predicted molar refractivity (Wildman–Crippen MR) is 67.2 cm³/mol. The molecule has 6 nitrogen and oxygen atoms in total. The minimum Gasteiger partial charge on any atom is -0.469 e. The lowest BCUT2D eigenvalue weighted by atomic mass is 9.73. The van der Waals surface area contributed by atoms with E-state index < -0.39 is 29.2 Å². The molecule has 0 saturated heterocycles. The zero-order valence-corrected chi connectivity index (χ0v) is 12.1. The maximum Gasteiger partial charge on any atom is 0.323 e. The van der Waals surface area contributed by atoms with E-state index in [2.05, 4.69) is 14.2 Å². The average Bonchev–Trinajstić information content (AvgIpc) is 2.43. The van der Waals surface area contributed by atoms with Crippen molar-refractivity contribution in [3.63, 3.8) is 0 Å². The van der Waals surface area contributed by atoms with Gasteiger partial charge in [0.2, 0.25) is 0 Å². The van der Waals surface area contributed by atoms with Crippen LogP contribution < -0.4 is 0 Å². The number of hydrogen-bond donors (Lipinski definition) is 0. The van der Waals surface area contributed by atoms with Crippen molar-refractivity contribution >= 4 is 17.9 Å². The highest BCUT2D eigenvalue weighted by Gasteiger charge is 2.50. The highest BCUT2D eigenvalue weighted by molar-refractivity contribution is 6.00. The van der Waals surface area contributed by atoms with Crippen LogP contribution in [0.25, 0.3) is 0 Å². The fourth-order valence-electron chi connectivity index (χ4n) is 2.07. The first kappa shape index (κ1) is 17.4. The fourth-order valence-corrected chi connectivity index (χ4v) is 2.07. The van der Waals surface area contributed by atoms with Gasteiger partial charge < -0.3 is 14.2 Å². The number of carbonyl (C=O) groups excluding carboxylic acids is 3. The van der Waals surface area contributed by atoms with Gasteiger partial charge in [0.05, 0.1) is 21.3 Å². The number of hydrogen-bond acceptors (Lipinski definition) is 6. The van der Waals surface area contributed by atoms with Gasteiger partial charge in [-0.15, -0.1) is 0 Å². The van der Waals surface area contributed by atoms with Crippen LogP contribution in [0.3, 0.4) is 0 Å². The zero-order chi connectivity index (χ0) is 15.1. The summed E-state index contributed by atoms with van der Waals surface area (Å²) in [6, 6.07) is 0. The summed E-state index contributed by atoms with van der Waals surface area (Å²) in [5.41, 5.74) is -1.51. The van der Waals surface area contributed by atoms with Crippen molar-refractivity contribution in [2.24, 2.45) is 11.3 Å². The number of methoxy groups -OCH3 is 3. The molecule has 6 heteroatoms. The maximum atomic E-state index is 11.9. The molecule has 1 unspecified atom stereocenters. The molecule has 0 fully saturated rings. The van der Waals surface area contributed by atoms with Gasteiger partial charge in [-0.25, -0.2) is 0 Å². The molecule has 0 aromatic heterocycles. The molecule has 0 N–H and O–H groups in total. The SMILES string of the molecule is CCCC(CC(=O)OC)C(C)(C(=O)OC)C(=O)OC. The van der Waals surface area contributed by atoms with Gasteiger partial charge in [-0.05, 0) is 19.3 Å². The molecular formula is C13H22O6. The van der Waals surface area contributed by atoms with E-state index in [4.69, 9.17) is 0 Å². The third-order valence-electron chi connectivity index (χ3n) is 3.31. The van der Waals surface area contributed by atoms with E-state index in [9.17, 15) is 14.4 Å². The normalized spacial score (nSPS) is 12.5. The first-order valence-electron chi connectivity index (χ1n) is 6.12. The van der Waals surface area contributed by atoms with E-state index in [1.807, 2.05) is 6.92 Å². The van der Waals surface area contributed by atoms with Crippen LogP contribution in [0.2, 0.25) is 0 Å². The number of esters is 3. The molecule has 0 aliphatic carbocycles. The summed E-state index contributed by atoms with van der Waals surface area (Å²) in [4.78, 5) is 35.3. The smallest absolute Gasteiger partial charge is 0.323 e. The molecule has 0 heterocycles. The minimum atomic E-state index is -1.51. The van der Waals surface area contributed by atoms with Gasteiger partial charge in [0.25, 0.3) is 0 Å². The van der Waals surface area contributed by atoms with E-state index in [0.717, 1.165) is 0 Å². The van der Waals surface area contributed by atoms with Crippen LogP contribution in [-0.2, 0) is 28.6 Å². The second kappa shape index (κ2) is 7.76. The summed E-state index contributed by atoms with van der Waals surface area (Å²) in [7, 11) is 3.66. The second-order valence-corrected chi connectivity index (χ2v) is 4.45. The molecule has 19 heavy (non-hydrogen) atoms. The highest BCUT2D eigenvalue weighted by Crippen LogP contribution is 2.36. The van der Waals surface area contributed by atoms with Gasteiger partial charge in [-0.1, -0.05) is 13.3 Å². The Kier molecular flexibility index (Phi) is 7.11. The van der Waals surface area contributed by atoms with Crippen molar-refractivity contribution in [3.05, 3.63) is 0 Å². The van der Waals surface area contributed by atoms with E-state index in [-0.39, 0.29) is 6.42 Å². The summed E-state index contributed by atoms with van der Waals surface area (Å²) in [5, 5.41) is 0. The monoisotopic (exact) mass is 274 g/mol. The first-order valence-corrected chi connectivity index (χ1v) is 6.12. The number of ether oxygens (including phenoxy) is 3. The minimum absolute atomic E-state index is 0.0367. The molecule has 110 valence electrons. The van der Waals surface area contributed by atoms with Gasteiger partial charge in [0, 0.05) is 6.42 Å². The van der Waals surface area contributed by atoms with E-state index >= 15 is 0 Å². The number of carbonyl (C=O) groups is 3. The topological polar surface area (TPSA) is 78.9 Å². The molecule has 0 radical (unpaired) electrons. The van der Waals surface area contributed by atoms with Crippen molar-refractivity contribution in [3.8, 4) is 0 Å². The molecule has 0 aliphatic heterocycles. The van der Waals surface area contributed by atoms with Crippen molar-refractivity contribution in [2.75, 3.05) is 21.3 Å². The van der Waals surface area contributed by atoms with Gasteiger partial charge in [0.1, 0.15) is 0 Å². The van der Waals surface area contributed by atoms with Crippen LogP contribution in [0.1, 0.15) is 33.1 Å². The highest BCUT2D eigenvalue weighted by atomic mass is 16.5. The molecule has 0 aromatic carbocycles. The van der Waals surface area contributed by atoms with E-state index in [1.165, 1.54) is 28.3 Å². The lowest BCUT2D eigenvalue weighted by Crippen LogP contribution is -2.45. The Bertz CT molecular complexity index is 320. The molecule has 1 atom stereocenters. The Labute approximate surface area is 113 Å². The summed E-state index contributed by atoms with van der Waals surface area (Å²) in [5.74, 6) is -2.41. The van der Waals surface area contributed by atoms with Crippen LogP contribution in [0, 0.1) is 11.3 Å². The third-order valence-corrected chi connectivity index (χ3v) is 3.31. The standard InChI is InChI=1S/C13H22O6/c1-6-7-9(8-10(14)17-3)13(2,11(15)18-4)12(16)19-5/h9H,6-8H2,1-5H3. The van der Waals surface area contributed by atoms with Gasteiger partial charge in [-0.2, -0.15) is 0 Å². The Hall–Kier alpha value is -1.59. The predicted octanol–water partition coefficient (Wildman–Crippen LogP) is 1.32. The Morgan fingerprint density at radius 3 is 1.79 bits per heavy atom. The van der Waals surface area contributed by atoms with Crippen LogP contribution in [0.5, 0.6) is 0 Å². The van der Waals surface area contributed by atoms with Crippen LogP contribution in [0.15, 0.2) is 0 Å². The molecule has 0 bridgehead atoms. The van der Waals surface area contributed by atoms with E-state index in [0.29, 0.717) is 12.8 Å². The Morgan fingerprint density at radius 2 is 1.47 bits per heavy atom. The summed E-state index contributed by atoms with van der Waals surface area (Å²) >= 11 is 0. The van der Waals surface area contributed by atoms with Crippen LogP contribution in [-0.4, -0.2) is 39.2 Å². The molecule has 0 spiro atoms. The fraction of sp³-hybridized carbons (Fsp3) is 0.769. The second-order valence-electron chi connectivity index (χ2n) is 4.45. The zero-order valence-electron chi connectivity index (χ0n) is 12.1. The van der Waals surface area contributed by atoms with Crippen LogP contribution in [0.4, 0.5) is 0 Å². The molecule has 0 amide bonds. The summed E-state index contributed by atoms with van der Waals surface area (Å²) < 4.78 is 14.0. The molecule has 0 aromatic rings. The van der Waals surface area contributed by atoms with Crippen molar-refractivity contribution in [1.82, 2.24) is 0 Å². The van der Waals surface area contributed by atoms with Crippen molar-refractivity contribution in [2.45, 2.75) is 33.1 Å².